The number of benzene rings is 1. The molecule has 4 heteroatoms. The topological polar surface area (TPSA) is 32.6 Å². The normalized spacial score (nSPS) is 13.1. The second kappa shape index (κ2) is 5.17. The van der Waals surface area contributed by atoms with Crippen LogP contribution < -0.4 is 0 Å². The van der Waals surface area contributed by atoms with Crippen molar-refractivity contribution in [1.82, 2.24) is 0 Å². The van der Waals surface area contributed by atoms with Crippen LogP contribution >= 0.6 is 27.5 Å². The molecule has 0 aromatic heterocycles. The molecule has 0 aliphatic carbocycles. The van der Waals surface area contributed by atoms with Crippen molar-refractivity contribution >= 4 is 39.3 Å². The van der Waals surface area contributed by atoms with E-state index in [1.165, 1.54) is 0 Å². The van der Waals surface area contributed by atoms with E-state index in [4.69, 9.17) is 16.8 Å². The van der Waals surface area contributed by atoms with Gasteiger partial charge < -0.3 is 5.21 Å². The fourth-order valence-electron chi connectivity index (χ4n) is 1.00. The van der Waals surface area contributed by atoms with E-state index in [-0.39, 0.29) is 0 Å². The molecule has 0 saturated carbocycles. The number of nitrogens with zero attached hydrogens (tertiary/aromatic N) is 1. The van der Waals surface area contributed by atoms with Crippen molar-refractivity contribution in [2.45, 2.75) is 6.92 Å². The second-order valence-electron chi connectivity index (χ2n) is 2.74. The van der Waals surface area contributed by atoms with Crippen LogP contribution in [0, 0.1) is 0 Å². The molecule has 1 rings (SSSR count). The first kappa shape index (κ1) is 11.3. The summed E-state index contributed by atoms with van der Waals surface area (Å²) in [4.78, 5) is 0. The average molecular weight is 275 g/mol. The predicted molar refractivity (Wildman–Crippen MR) is 63.2 cm³/mol. The highest BCUT2D eigenvalue weighted by atomic mass is 79.9. The largest absolute Gasteiger partial charge is 0.411 e. The summed E-state index contributed by atoms with van der Waals surface area (Å²) < 4.78 is 0.554. The highest BCUT2D eigenvalue weighted by Gasteiger charge is 1.96. The molecule has 14 heavy (non-hydrogen) atoms. The van der Waals surface area contributed by atoms with Crippen molar-refractivity contribution in [3.05, 3.63) is 39.3 Å². The summed E-state index contributed by atoms with van der Waals surface area (Å²) in [6.07, 6.45) is 1.79. The maximum absolute atomic E-state index is 8.55. The van der Waals surface area contributed by atoms with Gasteiger partial charge in [0.1, 0.15) is 0 Å². The van der Waals surface area contributed by atoms with E-state index in [0.29, 0.717) is 9.65 Å². The maximum Gasteiger partial charge on any atom is 0.0839 e. The van der Waals surface area contributed by atoms with Crippen molar-refractivity contribution in [3.63, 3.8) is 0 Å². The van der Waals surface area contributed by atoms with Crippen molar-refractivity contribution in [2.24, 2.45) is 5.16 Å². The molecule has 1 aromatic rings. The van der Waals surface area contributed by atoms with E-state index >= 15 is 0 Å². The Hall–Kier alpha value is -0.800. The number of hydrogen-bond acceptors (Lipinski definition) is 2. The summed E-state index contributed by atoms with van der Waals surface area (Å²) in [5, 5.41) is 11.7. The van der Waals surface area contributed by atoms with Crippen LogP contribution in [0.2, 0.25) is 0 Å². The lowest BCUT2D eigenvalue weighted by Crippen LogP contribution is -1.93. The molecule has 0 heterocycles. The van der Waals surface area contributed by atoms with Crippen LogP contribution in [0.5, 0.6) is 0 Å². The summed E-state index contributed by atoms with van der Waals surface area (Å²) in [5.41, 5.74) is 2.46. The molecular formula is C10H9BrClNO. The highest BCUT2D eigenvalue weighted by molar-refractivity contribution is 9.12. The molecular weight excluding hydrogens is 265 g/mol. The van der Waals surface area contributed by atoms with E-state index < -0.39 is 0 Å². The zero-order valence-electron chi connectivity index (χ0n) is 7.54. The summed E-state index contributed by atoms with van der Waals surface area (Å²) in [5.74, 6) is 0. The van der Waals surface area contributed by atoms with Crippen LogP contribution in [-0.2, 0) is 0 Å². The molecule has 0 atom stereocenters. The highest BCUT2D eigenvalue weighted by Crippen LogP contribution is 2.16. The summed E-state index contributed by atoms with van der Waals surface area (Å²) in [6.45, 7) is 1.74. The fourth-order valence-corrected chi connectivity index (χ4v) is 1.39. The van der Waals surface area contributed by atoms with Gasteiger partial charge in [0.05, 0.1) is 9.65 Å². The van der Waals surface area contributed by atoms with Gasteiger partial charge in [-0.05, 0) is 40.1 Å². The van der Waals surface area contributed by atoms with Crippen LogP contribution in [0.15, 0.2) is 33.4 Å². The van der Waals surface area contributed by atoms with Crippen LogP contribution in [0.4, 0.5) is 0 Å². The zero-order chi connectivity index (χ0) is 10.6. The van der Waals surface area contributed by atoms with Gasteiger partial charge in [0.15, 0.2) is 0 Å². The van der Waals surface area contributed by atoms with E-state index in [1.807, 2.05) is 24.3 Å². The minimum Gasteiger partial charge on any atom is -0.411 e. The lowest BCUT2D eigenvalue weighted by Gasteiger charge is -1.98. The van der Waals surface area contributed by atoms with Crippen molar-refractivity contribution in [3.8, 4) is 0 Å². The van der Waals surface area contributed by atoms with Gasteiger partial charge in [0, 0.05) is 0 Å². The Kier molecular flexibility index (Phi) is 4.17. The Morgan fingerprint density at radius 3 is 2.43 bits per heavy atom. The Labute approximate surface area is 96.0 Å². The van der Waals surface area contributed by atoms with Crippen molar-refractivity contribution < 1.29 is 5.21 Å². The van der Waals surface area contributed by atoms with E-state index in [2.05, 4.69) is 21.1 Å². The first-order chi connectivity index (χ1) is 6.63. The molecule has 1 N–H and O–H groups in total. The molecule has 0 bridgehead atoms. The molecule has 74 valence electrons. The van der Waals surface area contributed by atoms with Crippen molar-refractivity contribution in [2.75, 3.05) is 0 Å². The molecule has 1 aromatic carbocycles. The van der Waals surface area contributed by atoms with Gasteiger partial charge in [-0.25, -0.2) is 0 Å². The number of rotatable bonds is 2. The minimum atomic E-state index is 0.554. The molecule has 0 radical (unpaired) electrons. The van der Waals surface area contributed by atoms with Crippen LogP contribution in [0.3, 0.4) is 0 Å². The van der Waals surface area contributed by atoms with Gasteiger partial charge >= 0.3 is 0 Å². The fraction of sp³-hybridized carbons (Fsp3) is 0.100. The van der Waals surface area contributed by atoms with E-state index in [1.54, 1.807) is 13.0 Å². The number of hydrogen-bond donors (Lipinski definition) is 1. The third kappa shape index (κ3) is 3.16. The predicted octanol–water partition coefficient (Wildman–Crippen LogP) is 3.82. The second-order valence-corrected chi connectivity index (χ2v) is 4.46. The molecule has 0 spiro atoms. The smallest absolute Gasteiger partial charge is 0.0839 e. The Bertz CT molecular complexity index is 366. The minimum absolute atomic E-state index is 0.554. The average Bonchev–Trinajstić information content (AvgIpc) is 2.17. The third-order valence-electron chi connectivity index (χ3n) is 1.75. The zero-order valence-corrected chi connectivity index (χ0v) is 9.88. The molecule has 0 amide bonds. The monoisotopic (exact) mass is 273 g/mol. The first-order valence-corrected chi connectivity index (χ1v) is 5.12. The Morgan fingerprint density at radius 2 is 2.00 bits per heavy atom. The SMILES string of the molecule is CC(=NO)c1ccc(C=C(Cl)Br)cc1. The lowest BCUT2D eigenvalue weighted by molar-refractivity contribution is 0.319. The van der Waals surface area contributed by atoms with Crippen LogP contribution in [0.25, 0.3) is 6.08 Å². The summed E-state index contributed by atoms with van der Waals surface area (Å²) in [7, 11) is 0. The van der Waals surface area contributed by atoms with Gasteiger partial charge in [0.25, 0.3) is 0 Å². The lowest BCUT2D eigenvalue weighted by atomic mass is 10.1. The van der Waals surface area contributed by atoms with E-state index in [0.717, 1.165) is 11.1 Å². The quantitative estimate of drug-likeness (QED) is 0.496. The Morgan fingerprint density at radius 1 is 1.43 bits per heavy atom. The van der Waals surface area contributed by atoms with Gasteiger partial charge in [-0.2, -0.15) is 0 Å². The molecule has 0 unspecified atom stereocenters. The molecule has 0 aliphatic rings. The molecule has 0 saturated heterocycles. The van der Waals surface area contributed by atoms with Crippen LogP contribution in [-0.4, -0.2) is 10.9 Å². The molecule has 0 fully saturated rings. The number of halogens is 2. The molecule has 2 nitrogen and oxygen atoms in total. The standard InChI is InChI=1S/C10H9BrClNO/c1-7(13-14)9-4-2-8(3-5-9)6-10(11)12/h2-6,14H,1H3. The van der Waals surface area contributed by atoms with Gasteiger partial charge in [0.2, 0.25) is 0 Å². The number of oxime groups is 1. The van der Waals surface area contributed by atoms with Gasteiger partial charge in [-0.1, -0.05) is 41.0 Å². The molecule has 0 aliphatic heterocycles. The summed E-state index contributed by atoms with van der Waals surface area (Å²) in [6, 6.07) is 7.53. The van der Waals surface area contributed by atoms with Crippen molar-refractivity contribution in [1.29, 1.82) is 0 Å². The Balaban J connectivity index is 2.95. The van der Waals surface area contributed by atoms with Gasteiger partial charge in [-0.15, -0.1) is 0 Å². The van der Waals surface area contributed by atoms with E-state index in [9.17, 15) is 0 Å². The third-order valence-corrected chi connectivity index (χ3v) is 2.09. The van der Waals surface area contributed by atoms with Crippen LogP contribution in [0.1, 0.15) is 18.1 Å². The summed E-state index contributed by atoms with van der Waals surface area (Å²) >= 11 is 8.79. The maximum atomic E-state index is 8.55. The first-order valence-electron chi connectivity index (χ1n) is 3.95. The van der Waals surface area contributed by atoms with Gasteiger partial charge in [-0.3, -0.25) is 0 Å².